The quantitative estimate of drug-likeness (QED) is 0.919. The van der Waals surface area contributed by atoms with Crippen LogP contribution in [0.1, 0.15) is 18.4 Å². The van der Waals surface area contributed by atoms with Gasteiger partial charge in [-0.2, -0.15) is 9.57 Å². The number of benzene rings is 1. The van der Waals surface area contributed by atoms with Gasteiger partial charge in [0, 0.05) is 13.1 Å². The van der Waals surface area contributed by atoms with Crippen LogP contribution in [-0.4, -0.2) is 38.9 Å². The van der Waals surface area contributed by atoms with Gasteiger partial charge in [0.25, 0.3) is 0 Å². The molecular weight excluding hydrogens is 298 g/mol. The molecule has 1 aromatic rings. The first-order valence-electron chi connectivity index (χ1n) is 6.35. The van der Waals surface area contributed by atoms with E-state index in [0.717, 1.165) is 25.9 Å². The molecule has 5 nitrogen and oxygen atoms in total. The lowest BCUT2D eigenvalue weighted by Crippen LogP contribution is -2.43. The molecule has 1 heterocycles. The minimum atomic E-state index is -3.59. The molecule has 1 N–H and O–H groups in total. The molecule has 0 bridgehead atoms. The van der Waals surface area contributed by atoms with Gasteiger partial charge in [0.05, 0.1) is 15.5 Å². The zero-order valence-electron chi connectivity index (χ0n) is 11.1. The van der Waals surface area contributed by atoms with Crippen LogP contribution in [-0.2, 0) is 10.0 Å². The van der Waals surface area contributed by atoms with Crippen LogP contribution in [0.4, 0.5) is 0 Å². The van der Waals surface area contributed by atoms with Crippen LogP contribution >= 0.6 is 11.6 Å². The average Bonchev–Trinajstić information content (AvgIpc) is 2.47. The first-order valence-corrected chi connectivity index (χ1v) is 8.17. The molecule has 0 spiro atoms. The molecule has 0 unspecified atom stereocenters. The van der Waals surface area contributed by atoms with Crippen LogP contribution in [0.15, 0.2) is 23.1 Å². The molecule has 0 saturated carbocycles. The monoisotopic (exact) mass is 313 g/mol. The summed E-state index contributed by atoms with van der Waals surface area (Å²) in [5, 5.41) is 12.4. The van der Waals surface area contributed by atoms with Crippen LogP contribution < -0.4 is 5.32 Å². The number of nitrogens with zero attached hydrogens (tertiary/aromatic N) is 2. The lowest BCUT2D eigenvalue weighted by atomic mass is 10.1. The zero-order chi connectivity index (χ0) is 14.8. The van der Waals surface area contributed by atoms with Crippen LogP contribution in [0.2, 0.25) is 5.02 Å². The molecule has 1 saturated heterocycles. The normalized spacial score (nSPS) is 17.1. The van der Waals surface area contributed by atoms with Crippen molar-refractivity contribution in [1.29, 1.82) is 5.26 Å². The molecule has 108 valence electrons. The van der Waals surface area contributed by atoms with Gasteiger partial charge in [-0.15, -0.1) is 0 Å². The van der Waals surface area contributed by atoms with E-state index in [4.69, 9.17) is 16.9 Å². The second kappa shape index (κ2) is 6.10. The lowest BCUT2D eigenvalue weighted by Gasteiger charge is -2.30. The van der Waals surface area contributed by atoms with Gasteiger partial charge in [-0.3, -0.25) is 0 Å². The fourth-order valence-electron chi connectivity index (χ4n) is 2.28. The summed E-state index contributed by atoms with van der Waals surface area (Å²) in [6.45, 7) is 1.63. The third-order valence-electron chi connectivity index (χ3n) is 3.56. The largest absolute Gasteiger partial charge is 0.317 e. The van der Waals surface area contributed by atoms with E-state index in [2.05, 4.69) is 5.32 Å². The molecule has 0 aliphatic carbocycles. The van der Waals surface area contributed by atoms with E-state index in [1.807, 2.05) is 6.07 Å². The molecule has 0 atom stereocenters. The van der Waals surface area contributed by atoms with Gasteiger partial charge < -0.3 is 5.32 Å². The maximum Gasteiger partial charge on any atom is 0.243 e. The van der Waals surface area contributed by atoms with Crippen LogP contribution in [0, 0.1) is 11.3 Å². The molecule has 0 aromatic heterocycles. The fourth-order valence-corrected chi connectivity index (χ4v) is 3.89. The number of piperidine rings is 1. The van der Waals surface area contributed by atoms with Crippen LogP contribution in [0.5, 0.6) is 0 Å². The molecule has 0 amide bonds. The molecule has 0 radical (unpaired) electrons. The third-order valence-corrected chi connectivity index (χ3v) is 5.79. The first kappa shape index (κ1) is 15.3. The van der Waals surface area contributed by atoms with Gasteiger partial charge in [-0.05, 0) is 44.1 Å². The van der Waals surface area contributed by atoms with Crippen molar-refractivity contribution in [1.82, 2.24) is 9.62 Å². The van der Waals surface area contributed by atoms with E-state index in [1.54, 1.807) is 7.05 Å². The highest BCUT2D eigenvalue weighted by atomic mass is 35.5. The van der Waals surface area contributed by atoms with Crippen LogP contribution in [0.3, 0.4) is 0 Å². The highest BCUT2D eigenvalue weighted by molar-refractivity contribution is 7.89. The van der Waals surface area contributed by atoms with Crippen molar-refractivity contribution in [3.8, 4) is 6.07 Å². The van der Waals surface area contributed by atoms with Crippen molar-refractivity contribution in [3.05, 3.63) is 28.8 Å². The summed E-state index contributed by atoms with van der Waals surface area (Å²) in [4.78, 5) is 0.111. The predicted octanol–water partition coefficient (Wildman–Crippen LogP) is 1.58. The van der Waals surface area contributed by atoms with E-state index < -0.39 is 10.0 Å². The molecule has 20 heavy (non-hydrogen) atoms. The number of nitrogens with one attached hydrogen (secondary N) is 1. The Hall–Kier alpha value is -1.13. The van der Waals surface area contributed by atoms with E-state index in [9.17, 15) is 8.42 Å². The molecule has 7 heteroatoms. The van der Waals surface area contributed by atoms with Crippen molar-refractivity contribution in [2.45, 2.75) is 23.8 Å². The summed E-state index contributed by atoms with van der Waals surface area (Å²) in [7, 11) is -2.00. The number of nitriles is 1. The van der Waals surface area contributed by atoms with Crippen LogP contribution in [0.25, 0.3) is 0 Å². The van der Waals surface area contributed by atoms with Gasteiger partial charge in [0.1, 0.15) is 6.07 Å². The topological polar surface area (TPSA) is 73.2 Å². The molecule has 1 aromatic carbocycles. The highest BCUT2D eigenvalue weighted by Gasteiger charge is 2.29. The summed E-state index contributed by atoms with van der Waals surface area (Å²) in [6.07, 6.45) is 1.57. The lowest BCUT2D eigenvalue weighted by molar-refractivity contribution is 0.296. The van der Waals surface area contributed by atoms with Crippen molar-refractivity contribution in [2.75, 3.05) is 20.1 Å². The van der Waals surface area contributed by atoms with Crippen molar-refractivity contribution in [3.63, 3.8) is 0 Å². The maximum atomic E-state index is 12.6. The number of hydrogen-bond donors (Lipinski definition) is 1. The summed E-state index contributed by atoms with van der Waals surface area (Å²) in [5.41, 5.74) is 0.173. The van der Waals surface area contributed by atoms with Crippen molar-refractivity contribution in [2.24, 2.45) is 0 Å². The Labute approximate surface area is 124 Å². The minimum absolute atomic E-state index is 0.0116. The standard InChI is InChI=1S/C13H16ClN3O2S/c1-17(11-4-6-16-7-5-11)20(18,19)12-2-3-13(14)10(8-12)9-15/h2-3,8,11,16H,4-7H2,1H3. The zero-order valence-corrected chi connectivity index (χ0v) is 12.7. The Balaban J connectivity index is 2.32. The SMILES string of the molecule is CN(C1CCNCC1)S(=O)(=O)c1ccc(Cl)c(C#N)c1. The van der Waals surface area contributed by atoms with Crippen molar-refractivity contribution >= 4 is 21.6 Å². The van der Waals surface area contributed by atoms with Gasteiger partial charge in [0.15, 0.2) is 0 Å². The fraction of sp³-hybridized carbons (Fsp3) is 0.462. The summed E-state index contributed by atoms with van der Waals surface area (Å²) >= 11 is 5.84. The summed E-state index contributed by atoms with van der Waals surface area (Å²) in [5.74, 6) is 0. The van der Waals surface area contributed by atoms with Gasteiger partial charge in [-0.1, -0.05) is 11.6 Å². The second-order valence-corrected chi connectivity index (χ2v) is 7.16. The van der Waals surface area contributed by atoms with E-state index >= 15 is 0 Å². The van der Waals surface area contributed by atoms with Crippen molar-refractivity contribution < 1.29 is 8.42 Å². The first-order chi connectivity index (χ1) is 9.46. The van der Waals surface area contributed by atoms with Gasteiger partial charge >= 0.3 is 0 Å². The number of halogens is 1. The Bertz CT molecular complexity index is 634. The Morgan fingerprint density at radius 3 is 2.65 bits per heavy atom. The molecular formula is C13H16ClN3O2S. The smallest absolute Gasteiger partial charge is 0.243 e. The maximum absolute atomic E-state index is 12.6. The molecule has 1 fully saturated rings. The second-order valence-electron chi connectivity index (χ2n) is 4.76. The summed E-state index contributed by atoms with van der Waals surface area (Å²) in [6, 6.07) is 6.11. The molecule has 1 aliphatic heterocycles. The van der Waals surface area contributed by atoms with E-state index in [1.165, 1.54) is 22.5 Å². The molecule has 1 aliphatic rings. The third kappa shape index (κ3) is 2.96. The average molecular weight is 314 g/mol. The Morgan fingerprint density at radius 1 is 1.40 bits per heavy atom. The number of sulfonamides is 1. The van der Waals surface area contributed by atoms with Gasteiger partial charge in [-0.25, -0.2) is 8.42 Å². The number of rotatable bonds is 3. The Morgan fingerprint density at radius 2 is 2.05 bits per heavy atom. The summed E-state index contributed by atoms with van der Waals surface area (Å²) < 4.78 is 26.5. The van der Waals surface area contributed by atoms with Gasteiger partial charge in [0.2, 0.25) is 10.0 Å². The highest BCUT2D eigenvalue weighted by Crippen LogP contribution is 2.24. The van der Waals surface area contributed by atoms with E-state index in [-0.39, 0.29) is 21.5 Å². The number of hydrogen-bond acceptors (Lipinski definition) is 4. The Kier molecular flexibility index (Phi) is 4.66. The minimum Gasteiger partial charge on any atom is -0.317 e. The molecule has 2 rings (SSSR count). The predicted molar refractivity (Wildman–Crippen MR) is 77.0 cm³/mol. The van der Waals surface area contributed by atoms with E-state index in [0.29, 0.717) is 0 Å².